The quantitative estimate of drug-likeness (QED) is 0.498. The fraction of sp³-hybridized carbons (Fsp3) is 0.409. The molecule has 0 bridgehead atoms. The number of hydrogen-bond donors (Lipinski definition) is 1. The Morgan fingerprint density at radius 1 is 1.07 bits per heavy atom. The number of nitrogens with zero attached hydrogens (tertiary/aromatic N) is 2. The number of aryl methyl sites for hydroxylation is 1. The Morgan fingerprint density at radius 3 is 2.47 bits per heavy atom. The topological polar surface area (TPSA) is 69.7 Å². The number of likely N-dealkylation sites (N-methyl/N-ethyl adjacent to an activating group) is 1. The Kier molecular flexibility index (Phi) is 7.93. The van der Waals surface area contributed by atoms with Crippen LogP contribution in [0.3, 0.4) is 0 Å². The van der Waals surface area contributed by atoms with Crippen LogP contribution < -0.4 is 5.32 Å². The third kappa shape index (κ3) is 6.07. The first-order chi connectivity index (χ1) is 14.4. The number of thioether (sulfide) groups is 1. The molecule has 0 aromatic heterocycles. The summed E-state index contributed by atoms with van der Waals surface area (Å²) < 4.78 is 27.3. The van der Waals surface area contributed by atoms with Crippen molar-refractivity contribution in [3.63, 3.8) is 0 Å². The number of sulfonamides is 1. The molecule has 0 atom stereocenters. The van der Waals surface area contributed by atoms with Crippen molar-refractivity contribution in [2.75, 3.05) is 45.5 Å². The van der Waals surface area contributed by atoms with Crippen LogP contribution in [0.4, 0.5) is 0 Å². The van der Waals surface area contributed by atoms with E-state index in [4.69, 9.17) is 0 Å². The van der Waals surface area contributed by atoms with E-state index in [0.29, 0.717) is 38.3 Å². The molecule has 30 heavy (non-hydrogen) atoms. The number of carbonyl (C=O) groups excluding carboxylic acids is 1. The molecular weight excluding hydrogens is 418 g/mol. The summed E-state index contributed by atoms with van der Waals surface area (Å²) in [7, 11) is -1.60. The predicted octanol–water partition coefficient (Wildman–Crippen LogP) is 2.84. The average Bonchev–Trinajstić information content (AvgIpc) is 2.75. The lowest BCUT2D eigenvalue weighted by Crippen LogP contribution is -2.47. The molecule has 2 aromatic carbocycles. The number of carbonyl (C=O) groups is 1. The highest BCUT2D eigenvalue weighted by molar-refractivity contribution is 7.99. The van der Waals surface area contributed by atoms with Crippen LogP contribution in [0.25, 0.3) is 0 Å². The molecule has 0 unspecified atom stereocenters. The first-order valence-corrected chi connectivity index (χ1v) is 12.6. The van der Waals surface area contributed by atoms with E-state index >= 15 is 0 Å². The Bertz CT molecular complexity index is 954. The van der Waals surface area contributed by atoms with Gasteiger partial charge in [-0.15, -0.1) is 11.8 Å². The maximum absolute atomic E-state index is 12.9. The molecule has 2 aromatic rings. The van der Waals surface area contributed by atoms with E-state index in [1.807, 2.05) is 7.05 Å². The minimum absolute atomic E-state index is 0.176. The van der Waals surface area contributed by atoms with Crippen molar-refractivity contribution in [1.29, 1.82) is 0 Å². The number of piperazine rings is 1. The van der Waals surface area contributed by atoms with Gasteiger partial charge in [0.2, 0.25) is 10.0 Å². The second-order valence-electron chi connectivity index (χ2n) is 7.51. The van der Waals surface area contributed by atoms with E-state index in [0.717, 1.165) is 12.2 Å². The van der Waals surface area contributed by atoms with Gasteiger partial charge in [-0.3, -0.25) is 4.79 Å². The lowest BCUT2D eigenvalue weighted by atomic mass is 10.2. The smallest absolute Gasteiger partial charge is 0.251 e. The Hall–Kier alpha value is -1.87. The summed E-state index contributed by atoms with van der Waals surface area (Å²) in [6.07, 6.45) is 0.837. The largest absolute Gasteiger partial charge is 0.352 e. The second kappa shape index (κ2) is 10.4. The summed E-state index contributed by atoms with van der Waals surface area (Å²) >= 11 is 1.76. The van der Waals surface area contributed by atoms with Gasteiger partial charge in [0.1, 0.15) is 0 Å². The lowest BCUT2D eigenvalue weighted by molar-refractivity contribution is 0.0953. The van der Waals surface area contributed by atoms with Gasteiger partial charge in [0.05, 0.1) is 4.90 Å². The Labute approximate surface area is 183 Å². The highest BCUT2D eigenvalue weighted by Gasteiger charge is 2.27. The maximum Gasteiger partial charge on any atom is 0.251 e. The van der Waals surface area contributed by atoms with Crippen molar-refractivity contribution in [2.45, 2.75) is 23.1 Å². The summed E-state index contributed by atoms with van der Waals surface area (Å²) in [5, 5.41) is 2.89. The van der Waals surface area contributed by atoms with E-state index in [2.05, 4.69) is 41.4 Å². The van der Waals surface area contributed by atoms with Crippen molar-refractivity contribution in [1.82, 2.24) is 14.5 Å². The molecule has 1 aliphatic heterocycles. The van der Waals surface area contributed by atoms with E-state index in [9.17, 15) is 13.2 Å². The maximum atomic E-state index is 12.9. The second-order valence-corrected chi connectivity index (χ2v) is 10.6. The number of amides is 1. The first kappa shape index (κ1) is 22.8. The standard InChI is InChI=1S/C22H29N3O3S2/c1-18-7-9-20(10-8-18)29-16-4-11-23-22(26)19-5-3-6-21(17-19)30(27,28)25-14-12-24(2)13-15-25/h3,5-10,17H,4,11-16H2,1-2H3,(H,23,26). The highest BCUT2D eigenvalue weighted by atomic mass is 32.2. The molecule has 8 heteroatoms. The van der Waals surface area contributed by atoms with Gasteiger partial charge >= 0.3 is 0 Å². The SMILES string of the molecule is Cc1ccc(SCCCNC(=O)c2cccc(S(=O)(=O)N3CCN(C)CC3)c2)cc1. The molecule has 0 spiro atoms. The zero-order valence-corrected chi connectivity index (χ0v) is 19.1. The van der Waals surface area contributed by atoms with Crippen LogP contribution in [0.15, 0.2) is 58.3 Å². The fourth-order valence-electron chi connectivity index (χ4n) is 3.18. The van der Waals surface area contributed by atoms with Crippen LogP contribution in [-0.4, -0.2) is 69.1 Å². The molecule has 3 rings (SSSR count). The van der Waals surface area contributed by atoms with Crippen molar-refractivity contribution < 1.29 is 13.2 Å². The van der Waals surface area contributed by atoms with Crippen LogP contribution in [-0.2, 0) is 10.0 Å². The van der Waals surface area contributed by atoms with Gasteiger partial charge in [-0.1, -0.05) is 23.8 Å². The molecule has 0 saturated carbocycles. The molecule has 1 amide bonds. The van der Waals surface area contributed by atoms with Gasteiger partial charge in [0.15, 0.2) is 0 Å². The molecule has 1 aliphatic rings. The normalized spacial score (nSPS) is 15.8. The Morgan fingerprint density at radius 2 is 1.77 bits per heavy atom. The molecule has 0 aliphatic carbocycles. The van der Waals surface area contributed by atoms with Gasteiger partial charge in [-0.2, -0.15) is 4.31 Å². The fourth-order valence-corrected chi connectivity index (χ4v) is 5.50. The van der Waals surface area contributed by atoms with Crippen molar-refractivity contribution >= 4 is 27.7 Å². The van der Waals surface area contributed by atoms with Crippen molar-refractivity contribution in [2.24, 2.45) is 0 Å². The highest BCUT2D eigenvalue weighted by Crippen LogP contribution is 2.20. The Balaban J connectivity index is 1.51. The zero-order valence-electron chi connectivity index (χ0n) is 17.5. The molecular formula is C22H29N3O3S2. The lowest BCUT2D eigenvalue weighted by Gasteiger charge is -2.31. The number of hydrogen-bond acceptors (Lipinski definition) is 5. The van der Waals surface area contributed by atoms with Crippen molar-refractivity contribution in [3.8, 4) is 0 Å². The molecule has 1 saturated heterocycles. The van der Waals surface area contributed by atoms with Crippen LogP contribution in [0.1, 0.15) is 22.3 Å². The van der Waals surface area contributed by atoms with Crippen molar-refractivity contribution in [3.05, 3.63) is 59.7 Å². The van der Waals surface area contributed by atoms with E-state index in [-0.39, 0.29) is 10.8 Å². The van der Waals surface area contributed by atoms with E-state index in [1.54, 1.807) is 30.0 Å². The first-order valence-electron chi connectivity index (χ1n) is 10.1. The zero-order chi connectivity index (χ0) is 21.6. The third-order valence-electron chi connectivity index (χ3n) is 5.09. The molecule has 1 fully saturated rings. The van der Waals surface area contributed by atoms with Gasteiger partial charge in [0, 0.05) is 43.2 Å². The van der Waals surface area contributed by atoms with Crippen LogP contribution in [0, 0.1) is 6.92 Å². The number of rotatable bonds is 8. The van der Waals surface area contributed by atoms with E-state index < -0.39 is 10.0 Å². The summed E-state index contributed by atoms with van der Waals surface area (Å²) in [6, 6.07) is 14.7. The minimum atomic E-state index is -3.58. The molecule has 0 radical (unpaired) electrons. The van der Waals surface area contributed by atoms with Gasteiger partial charge in [0.25, 0.3) is 5.91 Å². The predicted molar refractivity (Wildman–Crippen MR) is 122 cm³/mol. The number of nitrogens with one attached hydrogen (secondary N) is 1. The summed E-state index contributed by atoms with van der Waals surface area (Å²) in [5.74, 6) is 0.659. The van der Waals surface area contributed by atoms with E-state index in [1.165, 1.54) is 20.8 Å². The summed E-state index contributed by atoms with van der Waals surface area (Å²) in [5.41, 5.74) is 1.61. The molecule has 1 heterocycles. The van der Waals surface area contributed by atoms with Gasteiger partial charge in [-0.25, -0.2) is 8.42 Å². The summed E-state index contributed by atoms with van der Waals surface area (Å²) in [4.78, 5) is 16.0. The molecule has 1 N–H and O–H groups in total. The number of benzene rings is 2. The molecule has 6 nitrogen and oxygen atoms in total. The average molecular weight is 448 g/mol. The monoisotopic (exact) mass is 447 g/mol. The van der Waals surface area contributed by atoms with Gasteiger partial charge in [-0.05, 0) is 56.5 Å². The van der Waals surface area contributed by atoms with Gasteiger partial charge < -0.3 is 10.2 Å². The van der Waals surface area contributed by atoms with Crippen LogP contribution in [0.5, 0.6) is 0 Å². The van der Waals surface area contributed by atoms with Crippen LogP contribution >= 0.6 is 11.8 Å². The summed E-state index contributed by atoms with van der Waals surface area (Å²) in [6.45, 7) is 4.96. The third-order valence-corrected chi connectivity index (χ3v) is 8.09. The molecule has 162 valence electrons. The van der Waals surface area contributed by atoms with Crippen LogP contribution in [0.2, 0.25) is 0 Å². The minimum Gasteiger partial charge on any atom is -0.352 e.